The Balaban J connectivity index is 0.00000264. The molecular weight excluding hydrogens is 310 g/mol. The zero-order chi connectivity index (χ0) is 16.1. The molecule has 1 amide bonds. The lowest BCUT2D eigenvalue weighted by atomic mass is 9.93. The van der Waals surface area contributed by atoms with E-state index in [0.717, 1.165) is 31.5 Å². The predicted molar refractivity (Wildman–Crippen MR) is 97.7 cm³/mol. The summed E-state index contributed by atoms with van der Waals surface area (Å²) < 4.78 is 0. The van der Waals surface area contributed by atoms with Gasteiger partial charge in [-0.1, -0.05) is 37.3 Å². The number of likely N-dealkylation sites (tertiary alicyclic amines) is 1. The van der Waals surface area contributed by atoms with Gasteiger partial charge in [-0.25, -0.2) is 0 Å². The Morgan fingerprint density at radius 1 is 1.17 bits per heavy atom. The van der Waals surface area contributed by atoms with Crippen LogP contribution in [0.1, 0.15) is 45.2 Å². The molecule has 0 aliphatic carbocycles. The van der Waals surface area contributed by atoms with E-state index in [2.05, 4.69) is 24.1 Å². The maximum atomic E-state index is 12.4. The number of hydrogen-bond acceptors (Lipinski definition) is 3. The van der Waals surface area contributed by atoms with Crippen molar-refractivity contribution in [3.05, 3.63) is 35.9 Å². The van der Waals surface area contributed by atoms with Crippen LogP contribution in [0, 0.1) is 5.92 Å². The summed E-state index contributed by atoms with van der Waals surface area (Å²) in [6, 6.07) is 10.5. The monoisotopic (exact) mass is 339 g/mol. The SMILES string of the molecule is CC(C(=O)NC1CCN(C(C)C)CC1)C(N)c1ccccc1.Cl. The highest BCUT2D eigenvalue weighted by molar-refractivity contribution is 5.85. The number of hydrogen-bond donors (Lipinski definition) is 2. The molecule has 4 nitrogen and oxygen atoms in total. The second-order valence-electron chi connectivity index (χ2n) is 6.64. The smallest absolute Gasteiger partial charge is 0.224 e. The van der Waals surface area contributed by atoms with Crippen LogP contribution in [0.25, 0.3) is 0 Å². The molecular formula is C18H30ClN3O. The molecule has 23 heavy (non-hydrogen) atoms. The summed E-state index contributed by atoms with van der Waals surface area (Å²) in [6.07, 6.45) is 2.05. The molecule has 3 N–H and O–H groups in total. The Kier molecular flexibility index (Phi) is 8.03. The van der Waals surface area contributed by atoms with Crippen molar-refractivity contribution in [2.75, 3.05) is 13.1 Å². The summed E-state index contributed by atoms with van der Waals surface area (Å²) in [7, 11) is 0. The van der Waals surface area contributed by atoms with E-state index >= 15 is 0 Å². The molecule has 0 saturated carbocycles. The van der Waals surface area contributed by atoms with Crippen molar-refractivity contribution in [3.63, 3.8) is 0 Å². The number of rotatable bonds is 5. The molecule has 2 rings (SSSR count). The third kappa shape index (κ3) is 5.48. The number of nitrogens with zero attached hydrogens (tertiary/aromatic N) is 1. The Hall–Kier alpha value is -1.10. The topological polar surface area (TPSA) is 58.4 Å². The lowest BCUT2D eigenvalue weighted by Crippen LogP contribution is -2.48. The summed E-state index contributed by atoms with van der Waals surface area (Å²) >= 11 is 0. The average Bonchev–Trinajstić information content (AvgIpc) is 2.54. The molecule has 2 unspecified atom stereocenters. The maximum Gasteiger partial charge on any atom is 0.224 e. The van der Waals surface area contributed by atoms with Gasteiger partial charge < -0.3 is 16.0 Å². The molecule has 1 aliphatic rings. The fourth-order valence-corrected chi connectivity index (χ4v) is 3.02. The third-order valence-corrected chi connectivity index (χ3v) is 4.74. The van der Waals surface area contributed by atoms with Crippen LogP contribution in [0.2, 0.25) is 0 Å². The van der Waals surface area contributed by atoms with Gasteiger partial charge >= 0.3 is 0 Å². The van der Waals surface area contributed by atoms with Gasteiger partial charge in [0.2, 0.25) is 5.91 Å². The van der Waals surface area contributed by atoms with Crippen molar-refractivity contribution >= 4 is 18.3 Å². The van der Waals surface area contributed by atoms with E-state index in [0.29, 0.717) is 6.04 Å². The van der Waals surface area contributed by atoms with Crippen LogP contribution in [0.15, 0.2) is 30.3 Å². The maximum absolute atomic E-state index is 12.4. The summed E-state index contributed by atoms with van der Waals surface area (Å²) in [6.45, 7) is 8.47. The summed E-state index contributed by atoms with van der Waals surface area (Å²) in [5.74, 6) is -0.148. The van der Waals surface area contributed by atoms with Crippen LogP contribution < -0.4 is 11.1 Å². The molecule has 5 heteroatoms. The molecule has 1 fully saturated rings. The quantitative estimate of drug-likeness (QED) is 0.867. The van der Waals surface area contributed by atoms with Crippen molar-refractivity contribution in [1.29, 1.82) is 0 Å². The predicted octanol–water partition coefficient (Wildman–Crippen LogP) is 2.73. The molecule has 1 saturated heterocycles. The van der Waals surface area contributed by atoms with Crippen molar-refractivity contribution < 1.29 is 4.79 Å². The van der Waals surface area contributed by atoms with E-state index in [9.17, 15) is 4.79 Å². The first-order valence-corrected chi connectivity index (χ1v) is 8.34. The first kappa shape index (κ1) is 19.9. The molecule has 1 aromatic carbocycles. The lowest BCUT2D eigenvalue weighted by molar-refractivity contribution is -0.126. The molecule has 0 radical (unpaired) electrons. The minimum atomic E-state index is -0.253. The van der Waals surface area contributed by atoms with Crippen LogP contribution in [-0.4, -0.2) is 36.0 Å². The largest absolute Gasteiger partial charge is 0.353 e. The van der Waals surface area contributed by atoms with Gasteiger partial charge in [0.1, 0.15) is 0 Å². The van der Waals surface area contributed by atoms with Crippen LogP contribution in [0.5, 0.6) is 0 Å². The van der Waals surface area contributed by atoms with E-state index in [1.54, 1.807) is 0 Å². The third-order valence-electron chi connectivity index (χ3n) is 4.74. The van der Waals surface area contributed by atoms with Crippen LogP contribution in [0.3, 0.4) is 0 Å². The van der Waals surface area contributed by atoms with Gasteiger partial charge in [-0.05, 0) is 32.3 Å². The highest BCUT2D eigenvalue weighted by atomic mass is 35.5. The second kappa shape index (κ2) is 9.26. The van der Waals surface area contributed by atoms with Crippen LogP contribution >= 0.6 is 12.4 Å². The molecule has 0 spiro atoms. The van der Waals surface area contributed by atoms with Gasteiger partial charge in [-0.2, -0.15) is 0 Å². The van der Waals surface area contributed by atoms with Crippen LogP contribution in [-0.2, 0) is 4.79 Å². The second-order valence-corrected chi connectivity index (χ2v) is 6.64. The number of carbonyl (C=O) groups is 1. The normalized spacial score (nSPS) is 19.0. The van der Waals surface area contributed by atoms with Crippen LogP contribution in [0.4, 0.5) is 0 Å². The molecule has 1 aliphatic heterocycles. The number of halogens is 1. The summed E-state index contributed by atoms with van der Waals surface area (Å²) in [5.41, 5.74) is 7.25. The fourth-order valence-electron chi connectivity index (χ4n) is 3.02. The Bertz CT molecular complexity index is 472. The van der Waals surface area contributed by atoms with Crippen molar-refractivity contribution in [1.82, 2.24) is 10.2 Å². The van der Waals surface area contributed by atoms with Gasteiger partial charge in [-0.3, -0.25) is 4.79 Å². The molecule has 1 aromatic rings. The molecule has 2 atom stereocenters. The van der Waals surface area contributed by atoms with E-state index in [4.69, 9.17) is 5.73 Å². The first-order valence-electron chi connectivity index (χ1n) is 8.34. The number of nitrogens with two attached hydrogens (primary N) is 1. The standard InChI is InChI=1S/C18H29N3O.ClH/c1-13(2)21-11-9-16(10-12-21)20-18(22)14(3)17(19)15-7-5-4-6-8-15;/h4-8,13-14,16-17H,9-12,19H2,1-3H3,(H,20,22);1H. The zero-order valence-electron chi connectivity index (χ0n) is 14.4. The molecule has 0 aromatic heterocycles. The number of nitrogens with one attached hydrogen (secondary N) is 1. The van der Waals surface area contributed by atoms with Crippen molar-refractivity contribution in [3.8, 4) is 0 Å². The average molecular weight is 340 g/mol. The minimum Gasteiger partial charge on any atom is -0.353 e. The van der Waals surface area contributed by atoms with Gasteiger partial charge in [0, 0.05) is 31.2 Å². The van der Waals surface area contributed by atoms with Gasteiger partial charge in [0.25, 0.3) is 0 Å². The van der Waals surface area contributed by atoms with Gasteiger partial charge in [-0.15, -0.1) is 12.4 Å². The van der Waals surface area contributed by atoms with Gasteiger partial charge in [0.15, 0.2) is 0 Å². The molecule has 1 heterocycles. The van der Waals surface area contributed by atoms with Crippen molar-refractivity contribution in [2.45, 2.75) is 51.7 Å². The zero-order valence-corrected chi connectivity index (χ0v) is 15.2. The fraction of sp³-hybridized carbons (Fsp3) is 0.611. The highest BCUT2D eigenvalue weighted by Crippen LogP contribution is 2.20. The Morgan fingerprint density at radius 3 is 2.26 bits per heavy atom. The molecule has 0 bridgehead atoms. The van der Waals surface area contributed by atoms with E-state index in [1.165, 1.54) is 0 Å². The number of amides is 1. The number of benzene rings is 1. The lowest BCUT2D eigenvalue weighted by Gasteiger charge is -2.35. The van der Waals surface area contributed by atoms with Crippen molar-refractivity contribution in [2.24, 2.45) is 11.7 Å². The van der Waals surface area contributed by atoms with E-state index in [1.807, 2.05) is 37.3 Å². The minimum absolute atomic E-state index is 0. The first-order chi connectivity index (χ1) is 10.5. The number of carbonyl (C=O) groups excluding carboxylic acids is 1. The number of piperidine rings is 1. The van der Waals surface area contributed by atoms with E-state index in [-0.39, 0.29) is 36.3 Å². The van der Waals surface area contributed by atoms with Gasteiger partial charge in [0.05, 0.1) is 5.92 Å². The summed E-state index contributed by atoms with van der Waals surface area (Å²) in [5, 5.41) is 3.18. The Morgan fingerprint density at radius 2 is 1.74 bits per heavy atom. The Labute approximate surface area is 146 Å². The highest BCUT2D eigenvalue weighted by Gasteiger charge is 2.26. The summed E-state index contributed by atoms with van der Waals surface area (Å²) in [4.78, 5) is 14.9. The van der Waals surface area contributed by atoms with E-state index < -0.39 is 0 Å². The molecule has 130 valence electrons.